The van der Waals surface area contributed by atoms with Crippen LogP contribution in [0.15, 0.2) is 12.1 Å². The Morgan fingerprint density at radius 1 is 1.22 bits per heavy atom. The first-order valence-corrected chi connectivity index (χ1v) is 6.52. The van der Waals surface area contributed by atoms with Gasteiger partial charge in [-0.05, 0) is 42.0 Å². The van der Waals surface area contributed by atoms with Crippen LogP contribution in [0.1, 0.15) is 37.5 Å². The molecule has 18 heavy (non-hydrogen) atoms. The van der Waals surface area contributed by atoms with Gasteiger partial charge in [-0.25, -0.2) is 0 Å². The van der Waals surface area contributed by atoms with Gasteiger partial charge in [0.25, 0.3) is 0 Å². The molecular weight excluding hydrogens is 228 g/mol. The van der Waals surface area contributed by atoms with E-state index in [9.17, 15) is 0 Å². The molecule has 0 aliphatic carbocycles. The molecule has 1 unspecified atom stereocenters. The van der Waals surface area contributed by atoms with Gasteiger partial charge >= 0.3 is 0 Å². The van der Waals surface area contributed by atoms with Crippen molar-refractivity contribution in [2.75, 3.05) is 20.8 Å². The normalized spacial score (nSPS) is 18.6. The van der Waals surface area contributed by atoms with Gasteiger partial charge < -0.3 is 14.2 Å². The Morgan fingerprint density at radius 3 is 2.50 bits per heavy atom. The van der Waals surface area contributed by atoms with Crippen LogP contribution in [-0.2, 0) is 11.2 Å². The van der Waals surface area contributed by atoms with E-state index in [1.165, 1.54) is 11.1 Å². The fourth-order valence-corrected chi connectivity index (χ4v) is 2.48. The maximum atomic E-state index is 5.89. The summed E-state index contributed by atoms with van der Waals surface area (Å²) in [6.45, 7) is 5.23. The highest BCUT2D eigenvalue weighted by Crippen LogP contribution is 2.38. The highest BCUT2D eigenvalue weighted by molar-refractivity contribution is 5.48. The summed E-state index contributed by atoms with van der Waals surface area (Å²) in [5.41, 5.74) is 2.58. The predicted octanol–water partition coefficient (Wildman–Crippen LogP) is 3.36. The molecule has 0 amide bonds. The largest absolute Gasteiger partial charge is 0.493 e. The third-order valence-corrected chi connectivity index (χ3v) is 3.37. The van der Waals surface area contributed by atoms with Gasteiger partial charge in [-0.1, -0.05) is 13.8 Å². The van der Waals surface area contributed by atoms with Crippen LogP contribution in [0.5, 0.6) is 11.5 Å². The Hall–Kier alpha value is -1.22. The molecule has 0 bridgehead atoms. The Bertz CT molecular complexity index is 412. The third kappa shape index (κ3) is 2.61. The molecule has 1 aliphatic heterocycles. The first-order chi connectivity index (χ1) is 8.65. The van der Waals surface area contributed by atoms with Crippen molar-refractivity contribution in [1.29, 1.82) is 0 Å². The predicted molar refractivity (Wildman–Crippen MR) is 71.4 cm³/mol. The lowest BCUT2D eigenvalue weighted by Crippen LogP contribution is -2.18. The molecular formula is C15H22O3. The Morgan fingerprint density at radius 2 is 1.89 bits per heavy atom. The van der Waals surface area contributed by atoms with Crippen LogP contribution >= 0.6 is 0 Å². The lowest BCUT2D eigenvalue weighted by atomic mass is 9.92. The highest BCUT2D eigenvalue weighted by atomic mass is 16.5. The molecule has 1 aromatic carbocycles. The van der Waals surface area contributed by atoms with E-state index >= 15 is 0 Å². The van der Waals surface area contributed by atoms with Crippen molar-refractivity contribution in [2.45, 2.75) is 32.8 Å². The molecule has 1 aromatic rings. The first kappa shape index (κ1) is 13.2. The van der Waals surface area contributed by atoms with Crippen molar-refractivity contribution in [3.8, 4) is 11.5 Å². The topological polar surface area (TPSA) is 27.7 Å². The summed E-state index contributed by atoms with van der Waals surface area (Å²) >= 11 is 0. The zero-order valence-corrected chi connectivity index (χ0v) is 11.7. The number of rotatable bonds is 4. The van der Waals surface area contributed by atoms with E-state index in [0.29, 0.717) is 5.92 Å². The van der Waals surface area contributed by atoms with Crippen molar-refractivity contribution in [3.05, 3.63) is 23.3 Å². The van der Waals surface area contributed by atoms with E-state index in [2.05, 4.69) is 26.0 Å². The number of hydrogen-bond donors (Lipinski definition) is 0. The van der Waals surface area contributed by atoms with Crippen LogP contribution in [0.4, 0.5) is 0 Å². The van der Waals surface area contributed by atoms with Crippen molar-refractivity contribution in [2.24, 2.45) is 5.92 Å². The molecule has 3 nitrogen and oxygen atoms in total. The van der Waals surface area contributed by atoms with E-state index in [-0.39, 0.29) is 6.10 Å². The van der Waals surface area contributed by atoms with Gasteiger partial charge in [0.1, 0.15) is 0 Å². The van der Waals surface area contributed by atoms with Gasteiger partial charge in [0.05, 0.1) is 26.9 Å². The van der Waals surface area contributed by atoms with Crippen LogP contribution in [0.2, 0.25) is 0 Å². The average Bonchev–Trinajstić information content (AvgIpc) is 2.37. The van der Waals surface area contributed by atoms with Crippen molar-refractivity contribution in [1.82, 2.24) is 0 Å². The van der Waals surface area contributed by atoms with Crippen molar-refractivity contribution in [3.63, 3.8) is 0 Å². The molecule has 3 heteroatoms. The number of hydrogen-bond acceptors (Lipinski definition) is 3. The van der Waals surface area contributed by atoms with E-state index in [4.69, 9.17) is 14.2 Å². The Labute approximate surface area is 109 Å². The van der Waals surface area contributed by atoms with Crippen LogP contribution in [0.3, 0.4) is 0 Å². The molecule has 100 valence electrons. The number of benzene rings is 1. The summed E-state index contributed by atoms with van der Waals surface area (Å²) in [6.07, 6.45) is 2.18. The monoisotopic (exact) mass is 250 g/mol. The minimum absolute atomic E-state index is 0.188. The molecule has 0 fully saturated rings. The van der Waals surface area contributed by atoms with E-state index < -0.39 is 0 Å². The highest BCUT2D eigenvalue weighted by Gasteiger charge is 2.24. The summed E-state index contributed by atoms with van der Waals surface area (Å²) in [6, 6.07) is 4.16. The SMILES string of the molecule is COc1cc2c(cc1OC)C(CC(C)C)OCC2. The zero-order chi connectivity index (χ0) is 13.1. The zero-order valence-electron chi connectivity index (χ0n) is 11.7. The molecule has 1 heterocycles. The van der Waals surface area contributed by atoms with Crippen LogP contribution in [0, 0.1) is 5.92 Å². The second-order valence-corrected chi connectivity index (χ2v) is 5.14. The first-order valence-electron chi connectivity index (χ1n) is 6.52. The van der Waals surface area contributed by atoms with Crippen LogP contribution in [0.25, 0.3) is 0 Å². The molecule has 0 N–H and O–H groups in total. The molecule has 0 spiro atoms. The van der Waals surface area contributed by atoms with Crippen molar-refractivity contribution >= 4 is 0 Å². The van der Waals surface area contributed by atoms with E-state index in [1.807, 2.05) is 0 Å². The van der Waals surface area contributed by atoms with Gasteiger partial charge in [0, 0.05) is 0 Å². The lowest BCUT2D eigenvalue weighted by Gasteiger charge is -2.28. The van der Waals surface area contributed by atoms with Gasteiger partial charge in [-0.2, -0.15) is 0 Å². The van der Waals surface area contributed by atoms with E-state index in [1.54, 1.807) is 14.2 Å². The number of ether oxygens (including phenoxy) is 3. The van der Waals surface area contributed by atoms with Gasteiger partial charge in [-0.15, -0.1) is 0 Å². The van der Waals surface area contributed by atoms with Gasteiger partial charge in [0.2, 0.25) is 0 Å². The fourth-order valence-electron chi connectivity index (χ4n) is 2.48. The summed E-state index contributed by atoms with van der Waals surface area (Å²) in [5.74, 6) is 2.21. The minimum Gasteiger partial charge on any atom is -0.493 e. The second kappa shape index (κ2) is 5.61. The average molecular weight is 250 g/mol. The molecule has 1 atom stereocenters. The number of methoxy groups -OCH3 is 2. The fraction of sp³-hybridized carbons (Fsp3) is 0.600. The molecule has 1 aliphatic rings. The standard InChI is InChI=1S/C15H22O3/c1-10(2)7-13-12-9-15(17-4)14(16-3)8-11(12)5-6-18-13/h8-10,13H,5-7H2,1-4H3. The van der Waals surface area contributed by atoms with Crippen molar-refractivity contribution < 1.29 is 14.2 Å². The molecule has 2 rings (SSSR count). The molecule has 0 saturated carbocycles. The van der Waals surface area contributed by atoms with Crippen LogP contribution < -0.4 is 9.47 Å². The number of fused-ring (bicyclic) bond motifs is 1. The molecule has 0 saturated heterocycles. The second-order valence-electron chi connectivity index (χ2n) is 5.14. The van der Waals surface area contributed by atoms with Gasteiger partial charge in [0.15, 0.2) is 11.5 Å². The smallest absolute Gasteiger partial charge is 0.161 e. The summed E-state index contributed by atoms with van der Waals surface area (Å²) in [7, 11) is 3.35. The Balaban J connectivity index is 2.37. The lowest BCUT2D eigenvalue weighted by molar-refractivity contribution is 0.0281. The maximum absolute atomic E-state index is 5.89. The quantitative estimate of drug-likeness (QED) is 0.820. The summed E-state index contributed by atoms with van der Waals surface area (Å²) < 4.78 is 16.6. The van der Waals surface area contributed by atoms with Crippen LogP contribution in [-0.4, -0.2) is 20.8 Å². The summed E-state index contributed by atoms with van der Waals surface area (Å²) in [5, 5.41) is 0. The van der Waals surface area contributed by atoms with Gasteiger partial charge in [-0.3, -0.25) is 0 Å². The maximum Gasteiger partial charge on any atom is 0.161 e. The van der Waals surface area contributed by atoms with E-state index in [0.717, 1.165) is 30.9 Å². The summed E-state index contributed by atoms with van der Waals surface area (Å²) in [4.78, 5) is 0. The molecule has 0 radical (unpaired) electrons. The Kier molecular flexibility index (Phi) is 4.12. The molecule has 0 aromatic heterocycles. The third-order valence-electron chi connectivity index (χ3n) is 3.37. The minimum atomic E-state index is 0.188.